The quantitative estimate of drug-likeness (QED) is 0.649. The molecule has 2 N–H and O–H groups in total. The van der Waals surface area contributed by atoms with E-state index in [1.807, 2.05) is 6.92 Å². The molecular weight excluding hydrogens is 402 g/mol. The first-order valence-electron chi connectivity index (χ1n) is 8.04. The summed E-state index contributed by atoms with van der Waals surface area (Å²) in [4.78, 5) is -0.0489. The van der Waals surface area contributed by atoms with E-state index in [4.69, 9.17) is 4.74 Å². The summed E-state index contributed by atoms with van der Waals surface area (Å²) in [7, 11) is -5.82. The number of ether oxygens (including phenoxy) is 1. The lowest BCUT2D eigenvalue weighted by Crippen LogP contribution is -2.41. The first-order chi connectivity index (χ1) is 11.7. The Morgan fingerprint density at radius 3 is 2.38 bits per heavy atom. The van der Waals surface area contributed by atoms with E-state index in [1.165, 1.54) is 22.5 Å². The molecule has 1 unspecified atom stereocenters. The van der Waals surface area contributed by atoms with Crippen LogP contribution in [0.15, 0.2) is 28.0 Å². The molecule has 1 aliphatic rings. The number of nitrogens with zero attached hydrogens (tertiary/aromatic N) is 1. The van der Waals surface area contributed by atoms with E-state index in [1.54, 1.807) is 14.0 Å². The van der Waals surface area contributed by atoms with Gasteiger partial charge in [0.2, 0.25) is 20.0 Å². The van der Waals surface area contributed by atoms with E-state index in [0.29, 0.717) is 18.8 Å². The van der Waals surface area contributed by atoms with Crippen molar-refractivity contribution in [1.29, 1.82) is 0 Å². The Morgan fingerprint density at radius 2 is 1.81 bits per heavy atom. The van der Waals surface area contributed by atoms with Crippen LogP contribution < -0.4 is 10.0 Å². The molecule has 2 rings (SSSR count). The van der Waals surface area contributed by atoms with Crippen molar-refractivity contribution in [3.8, 4) is 0 Å². The maximum absolute atomic E-state index is 12.8. The van der Waals surface area contributed by atoms with E-state index in [2.05, 4.69) is 10.0 Å². The zero-order valence-corrected chi connectivity index (χ0v) is 17.5. The fourth-order valence-electron chi connectivity index (χ4n) is 2.37. The van der Waals surface area contributed by atoms with Crippen molar-refractivity contribution in [2.45, 2.75) is 29.7 Å². The Morgan fingerprint density at radius 1 is 1.19 bits per heavy atom. The molecule has 1 saturated heterocycles. The average Bonchev–Trinajstić information content (AvgIpc) is 2.60. The van der Waals surface area contributed by atoms with Gasteiger partial charge in [0.25, 0.3) is 0 Å². The molecular formula is C15H26ClN3O5S2. The SMILES string of the molecule is CNC(C)CNS(=O)(=O)c1ccc(C)c(S(=O)(=O)N2CCOCC2)c1.Cl. The third-order valence-electron chi connectivity index (χ3n) is 4.13. The molecule has 0 aliphatic carbocycles. The van der Waals surface area contributed by atoms with Crippen molar-refractivity contribution in [3.05, 3.63) is 23.8 Å². The second-order valence-electron chi connectivity index (χ2n) is 5.99. The molecule has 0 saturated carbocycles. The van der Waals surface area contributed by atoms with Crippen molar-refractivity contribution >= 4 is 32.5 Å². The van der Waals surface area contributed by atoms with Crippen LogP contribution in [0.4, 0.5) is 0 Å². The predicted molar refractivity (Wildman–Crippen MR) is 102 cm³/mol. The molecule has 1 atom stereocenters. The van der Waals surface area contributed by atoms with Crippen LogP contribution in [0, 0.1) is 6.92 Å². The Balaban J connectivity index is 0.00000338. The maximum atomic E-state index is 12.8. The highest BCUT2D eigenvalue weighted by atomic mass is 35.5. The highest BCUT2D eigenvalue weighted by Gasteiger charge is 2.29. The third kappa shape index (κ3) is 5.38. The summed E-state index contributed by atoms with van der Waals surface area (Å²) in [5.74, 6) is 0. The minimum absolute atomic E-state index is 0. The van der Waals surface area contributed by atoms with E-state index < -0.39 is 20.0 Å². The number of sulfonamides is 2. The van der Waals surface area contributed by atoms with Gasteiger partial charge in [-0.05, 0) is 38.6 Å². The number of hydrogen-bond acceptors (Lipinski definition) is 6. The van der Waals surface area contributed by atoms with E-state index in [0.717, 1.165) is 0 Å². The van der Waals surface area contributed by atoms with Gasteiger partial charge in [-0.1, -0.05) is 6.07 Å². The number of aryl methyl sites for hydroxylation is 1. The molecule has 0 amide bonds. The molecule has 0 aromatic heterocycles. The number of hydrogen-bond donors (Lipinski definition) is 2. The Hall–Kier alpha value is -0.750. The van der Waals surface area contributed by atoms with Gasteiger partial charge in [-0.15, -0.1) is 12.4 Å². The van der Waals surface area contributed by atoms with Crippen LogP contribution in [-0.2, 0) is 24.8 Å². The lowest BCUT2D eigenvalue weighted by molar-refractivity contribution is 0.0730. The standard InChI is InChI=1S/C15H25N3O5S2.ClH/c1-12-4-5-14(24(19,20)17-11-13(2)16-3)10-15(12)25(21,22)18-6-8-23-9-7-18;/h4-5,10,13,16-17H,6-9,11H2,1-3H3;1H. The second-order valence-corrected chi connectivity index (χ2v) is 9.66. The minimum Gasteiger partial charge on any atom is -0.379 e. The van der Waals surface area contributed by atoms with Crippen LogP contribution in [0.1, 0.15) is 12.5 Å². The highest BCUT2D eigenvalue weighted by molar-refractivity contribution is 7.90. The number of morpholine rings is 1. The van der Waals surface area contributed by atoms with Gasteiger partial charge in [0.1, 0.15) is 0 Å². The largest absolute Gasteiger partial charge is 0.379 e. The van der Waals surface area contributed by atoms with Crippen LogP contribution in [0.5, 0.6) is 0 Å². The molecule has 1 fully saturated rings. The maximum Gasteiger partial charge on any atom is 0.243 e. The van der Waals surface area contributed by atoms with Gasteiger partial charge >= 0.3 is 0 Å². The fourth-order valence-corrected chi connectivity index (χ4v) is 5.26. The third-order valence-corrected chi connectivity index (χ3v) is 7.59. The minimum atomic E-state index is -3.79. The Kier molecular flexibility index (Phi) is 8.46. The van der Waals surface area contributed by atoms with Gasteiger partial charge < -0.3 is 10.1 Å². The second kappa shape index (κ2) is 9.45. The molecule has 26 heavy (non-hydrogen) atoms. The first-order valence-corrected chi connectivity index (χ1v) is 11.0. The van der Waals surface area contributed by atoms with Crippen molar-refractivity contribution in [2.24, 2.45) is 0 Å². The summed E-state index contributed by atoms with van der Waals surface area (Å²) in [6, 6.07) is 4.12. The van der Waals surface area contributed by atoms with E-state index in [-0.39, 0.29) is 47.9 Å². The van der Waals surface area contributed by atoms with E-state index >= 15 is 0 Å². The number of likely N-dealkylation sites (N-methyl/N-ethyl adjacent to an activating group) is 1. The predicted octanol–water partition coefficient (Wildman–Crippen LogP) is 0.324. The van der Waals surface area contributed by atoms with Crippen LogP contribution in [0.2, 0.25) is 0 Å². The van der Waals surface area contributed by atoms with Crippen LogP contribution >= 0.6 is 12.4 Å². The van der Waals surface area contributed by atoms with Crippen molar-refractivity contribution in [2.75, 3.05) is 39.9 Å². The smallest absolute Gasteiger partial charge is 0.243 e. The number of halogens is 1. The highest BCUT2D eigenvalue weighted by Crippen LogP contribution is 2.24. The van der Waals surface area contributed by atoms with Crippen LogP contribution in [0.3, 0.4) is 0 Å². The Labute approximate surface area is 161 Å². The molecule has 1 aliphatic heterocycles. The van der Waals surface area contributed by atoms with Gasteiger partial charge in [-0.3, -0.25) is 0 Å². The molecule has 1 heterocycles. The molecule has 1 aromatic rings. The summed E-state index contributed by atoms with van der Waals surface area (Å²) in [6.07, 6.45) is 0. The number of benzene rings is 1. The number of nitrogens with one attached hydrogen (secondary N) is 2. The average molecular weight is 428 g/mol. The van der Waals surface area contributed by atoms with Gasteiger partial charge in [-0.25, -0.2) is 21.6 Å². The summed E-state index contributed by atoms with van der Waals surface area (Å²) in [5, 5.41) is 2.94. The van der Waals surface area contributed by atoms with Crippen LogP contribution in [0.25, 0.3) is 0 Å². The summed E-state index contributed by atoms with van der Waals surface area (Å²) >= 11 is 0. The molecule has 11 heteroatoms. The lowest BCUT2D eigenvalue weighted by Gasteiger charge is -2.26. The lowest BCUT2D eigenvalue weighted by atomic mass is 10.2. The van der Waals surface area contributed by atoms with Gasteiger partial charge in [0.05, 0.1) is 23.0 Å². The topological polar surface area (TPSA) is 105 Å². The Bertz CT molecular complexity index is 809. The van der Waals surface area contributed by atoms with E-state index in [9.17, 15) is 16.8 Å². The van der Waals surface area contributed by atoms with Crippen molar-refractivity contribution < 1.29 is 21.6 Å². The molecule has 0 radical (unpaired) electrons. The van der Waals surface area contributed by atoms with Gasteiger partial charge in [0.15, 0.2) is 0 Å². The zero-order chi connectivity index (χ0) is 18.7. The molecule has 150 valence electrons. The van der Waals surface area contributed by atoms with Gasteiger partial charge in [-0.2, -0.15) is 4.31 Å². The molecule has 0 bridgehead atoms. The van der Waals surface area contributed by atoms with Crippen molar-refractivity contribution in [3.63, 3.8) is 0 Å². The van der Waals surface area contributed by atoms with Crippen molar-refractivity contribution in [1.82, 2.24) is 14.3 Å². The molecule has 8 nitrogen and oxygen atoms in total. The molecule has 0 spiro atoms. The van der Waals surface area contributed by atoms with Crippen LogP contribution in [-0.4, -0.2) is 67.1 Å². The molecule has 1 aromatic carbocycles. The van der Waals surface area contributed by atoms with Gasteiger partial charge in [0, 0.05) is 25.7 Å². The zero-order valence-electron chi connectivity index (χ0n) is 15.1. The monoisotopic (exact) mass is 427 g/mol. The fraction of sp³-hybridized carbons (Fsp3) is 0.600. The first kappa shape index (κ1) is 23.3. The summed E-state index contributed by atoms with van der Waals surface area (Å²) in [5.41, 5.74) is 0.508. The number of rotatable bonds is 7. The normalized spacial score (nSPS) is 17.5. The summed E-state index contributed by atoms with van der Waals surface area (Å²) in [6.45, 7) is 4.89. The summed E-state index contributed by atoms with van der Waals surface area (Å²) < 4.78 is 59.6.